The quantitative estimate of drug-likeness (QED) is 0.365. The minimum absolute atomic E-state index is 0.0123. The van der Waals surface area contributed by atoms with E-state index < -0.39 is 17.9 Å². The Morgan fingerprint density at radius 2 is 1.79 bits per heavy atom. The number of hydrogen-bond donors (Lipinski definition) is 1. The first-order valence-electron chi connectivity index (χ1n) is 12.0. The SMILES string of the molecule is O=C(Cc1cn(Cc2ccc(F)cc2)c2ccccc12)C1=C(O)C(CC2CCCCC2)OC1=O. The summed E-state index contributed by atoms with van der Waals surface area (Å²) in [5.74, 6) is -1.24. The number of halogens is 1. The van der Waals surface area contributed by atoms with Crippen LogP contribution in [0.4, 0.5) is 4.39 Å². The number of esters is 1. The van der Waals surface area contributed by atoms with Crippen LogP contribution >= 0.6 is 0 Å². The van der Waals surface area contributed by atoms with Gasteiger partial charge in [-0.25, -0.2) is 9.18 Å². The van der Waals surface area contributed by atoms with Crippen LogP contribution in [0.5, 0.6) is 0 Å². The number of hydrogen-bond acceptors (Lipinski definition) is 4. The number of fused-ring (bicyclic) bond motifs is 1. The van der Waals surface area contributed by atoms with Crippen LogP contribution in [0.3, 0.4) is 0 Å². The largest absolute Gasteiger partial charge is 0.507 e. The Morgan fingerprint density at radius 1 is 1.06 bits per heavy atom. The molecule has 0 saturated heterocycles. The number of ether oxygens (including phenoxy) is 1. The van der Waals surface area contributed by atoms with E-state index in [-0.39, 0.29) is 23.6 Å². The molecule has 0 spiro atoms. The third-order valence-corrected chi connectivity index (χ3v) is 7.05. The van der Waals surface area contributed by atoms with Gasteiger partial charge >= 0.3 is 5.97 Å². The first-order chi connectivity index (χ1) is 16.5. The van der Waals surface area contributed by atoms with Crippen LogP contribution < -0.4 is 0 Å². The fourth-order valence-electron chi connectivity index (χ4n) is 5.29. The highest BCUT2D eigenvalue weighted by Crippen LogP contribution is 2.34. The van der Waals surface area contributed by atoms with Crippen molar-refractivity contribution >= 4 is 22.7 Å². The third-order valence-electron chi connectivity index (χ3n) is 7.05. The fraction of sp³-hybridized carbons (Fsp3) is 0.357. The third kappa shape index (κ3) is 4.49. The Labute approximate surface area is 197 Å². The highest BCUT2D eigenvalue weighted by molar-refractivity contribution is 6.20. The van der Waals surface area contributed by atoms with Crippen molar-refractivity contribution in [2.24, 2.45) is 5.92 Å². The molecule has 176 valence electrons. The van der Waals surface area contributed by atoms with Gasteiger partial charge in [-0.2, -0.15) is 0 Å². The summed E-state index contributed by atoms with van der Waals surface area (Å²) in [5.41, 5.74) is 2.44. The Balaban J connectivity index is 1.37. The maximum absolute atomic E-state index is 13.3. The lowest BCUT2D eigenvalue weighted by Crippen LogP contribution is -2.18. The number of benzene rings is 2. The Bertz CT molecular complexity index is 1250. The maximum Gasteiger partial charge on any atom is 0.346 e. The van der Waals surface area contributed by atoms with Crippen LogP contribution in [0.15, 0.2) is 66.1 Å². The summed E-state index contributed by atoms with van der Waals surface area (Å²) in [6, 6.07) is 14.1. The van der Waals surface area contributed by atoms with E-state index >= 15 is 0 Å². The van der Waals surface area contributed by atoms with E-state index in [1.165, 1.54) is 18.6 Å². The van der Waals surface area contributed by atoms with Gasteiger partial charge in [-0.05, 0) is 41.7 Å². The molecular formula is C28H28FNO4. The number of para-hydroxylation sites is 1. The molecular weight excluding hydrogens is 433 g/mol. The average molecular weight is 462 g/mol. The number of Topliss-reactive ketones (excluding diaryl/α,β-unsaturated/α-hetero) is 1. The summed E-state index contributed by atoms with van der Waals surface area (Å²) in [4.78, 5) is 25.7. The second-order valence-electron chi connectivity index (χ2n) is 9.42. The molecule has 1 saturated carbocycles. The molecule has 1 N–H and O–H groups in total. The molecule has 0 amide bonds. The van der Waals surface area contributed by atoms with Crippen LogP contribution in [0.1, 0.15) is 49.7 Å². The summed E-state index contributed by atoms with van der Waals surface area (Å²) in [6.45, 7) is 0.522. The maximum atomic E-state index is 13.3. The van der Waals surface area contributed by atoms with Gasteiger partial charge in [0.2, 0.25) is 0 Å². The molecule has 1 aliphatic carbocycles. The topological polar surface area (TPSA) is 68.5 Å². The van der Waals surface area contributed by atoms with Crippen molar-refractivity contribution in [1.29, 1.82) is 0 Å². The molecule has 2 aliphatic rings. The lowest BCUT2D eigenvalue weighted by atomic mass is 9.85. The first-order valence-corrected chi connectivity index (χ1v) is 12.0. The smallest absolute Gasteiger partial charge is 0.346 e. The van der Waals surface area contributed by atoms with Gasteiger partial charge in [-0.1, -0.05) is 62.4 Å². The number of cyclic esters (lactones) is 1. The Hall–Kier alpha value is -3.41. The van der Waals surface area contributed by atoms with Crippen molar-refractivity contribution < 1.29 is 23.8 Å². The van der Waals surface area contributed by atoms with Crippen molar-refractivity contribution in [2.75, 3.05) is 0 Å². The van der Waals surface area contributed by atoms with Crippen molar-refractivity contribution in [3.8, 4) is 0 Å². The lowest BCUT2D eigenvalue weighted by Gasteiger charge is -2.23. The fourth-order valence-corrected chi connectivity index (χ4v) is 5.29. The molecule has 0 bridgehead atoms. The van der Waals surface area contributed by atoms with Crippen molar-refractivity contribution in [3.05, 3.63) is 83.0 Å². The number of ketones is 1. The second kappa shape index (κ2) is 9.45. The standard InChI is InChI=1S/C28H28FNO4/c29-21-12-10-19(11-13-21)16-30-17-20(22-8-4-5-9-23(22)30)15-24(31)26-27(32)25(34-28(26)33)14-18-6-2-1-3-7-18/h4-5,8-13,17-18,25,32H,1-3,6-7,14-16H2. The number of aromatic nitrogens is 1. The number of nitrogens with zero attached hydrogens (tertiary/aromatic N) is 1. The molecule has 1 fully saturated rings. The number of carbonyl (C=O) groups excluding carboxylic acids is 2. The molecule has 1 unspecified atom stereocenters. The minimum atomic E-state index is -0.724. The molecule has 0 radical (unpaired) electrons. The van der Waals surface area contributed by atoms with Gasteiger partial charge in [0, 0.05) is 30.1 Å². The van der Waals surface area contributed by atoms with Crippen LogP contribution in [0.25, 0.3) is 10.9 Å². The number of rotatable bonds is 7. The van der Waals surface area contributed by atoms with E-state index in [2.05, 4.69) is 0 Å². The molecule has 3 aromatic rings. The van der Waals surface area contributed by atoms with E-state index in [1.54, 1.807) is 12.1 Å². The zero-order chi connectivity index (χ0) is 23.7. The summed E-state index contributed by atoms with van der Waals surface area (Å²) in [7, 11) is 0. The zero-order valence-electron chi connectivity index (χ0n) is 19.0. The molecule has 34 heavy (non-hydrogen) atoms. The van der Waals surface area contributed by atoms with E-state index in [1.807, 2.05) is 35.0 Å². The summed E-state index contributed by atoms with van der Waals surface area (Å²) in [5, 5.41) is 11.6. The number of aliphatic hydroxyl groups is 1. The predicted molar refractivity (Wildman–Crippen MR) is 127 cm³/mol. The van der Waals surface area contributed by atoms with Crippen LogP contribution in [0, 0.1) is 11.7 Å². The van der Waals surface area contributed by atoms with Crippen LogP contribution in [0.2, 0.25) is 0 Å². The summed E-state index contributed by atoms with van der Waals surface area (Å²) < 4.78 is 20.7. The van der Waals surface area contributed by atoms with Gasteiger partial charge in [0.1, 0.15) is 11.4 Å². The van der Waals surface area contributed by atoms with Crippen LogP contribution in [-0.4, -0.2) is 27.5 Å². The average Bonchev–Trinajstić information content (AvgIpc) is 3.32. The van der Waals surface area contributed by atoms with Crippen LogP contribution in [-0.2, 0) is 27.3 Å². The molecule has 5 nitrogen and oxygen atoms in total. The van der Waals surface area contributed by atoms with E-state index in [0.717, 1.165) is 47.7 Å². The van der Waals surface area contributed by atoms with Crippen molar-refractivity contribution in [1.82, 2.24) is 4.57 Å². The monoisotopic (exact) mass is 461 g/mol. The lowest BCUT2D eigenvalue weighted by molar-refractivity contribution is -0.141. The highest BCUT2D eigenvalue weighted by Gasteiger charge is 2.39. The van der Waals surface area contributed by atoms with E-state index in [9.17, 15) is 19.1 Å². The van der Waals surface area contributed by atoms with E-state index in [4.69, 9.17) is 4.74 Å². The predicted octanol–water partition coefficient (Wildman–Crippen LogP) is 5.65. The summed E-state index contributed by atoms with van der Waals surface area (Å²) in [6.07, 6.45) is 7.41. The molecule has 2 heterocycles. The number of aliphatic hydroxyl groups excluding tert-OH is 1. The summed E-state index contributed by atoms with van der Waals surface area (Å²) >= 11 is 0. The molecule has 1 atom stereocenters. The molecule has 1 aliphatic heterocycles. The van der Waals surface area contributed by atoms with Gasteiger partial charge in [-0.15, -0.1) is 0 Å². The van der Waals surface area contributed by atoms with E-state index in [0.29, 0.717) is 18.9 Å². The first kappa shape index (κ1) is 22.4. The Morgan fingerprint density at radius 3 is 2.56 bits per heavy atom. The second-order valence-corrected chi connectivity index (χ2v) is 9.42. The Kier molecular flexibility index (Phi) is 6.22. The number of carbonyl (C=O) groups is 2. The van der Waals surface area contributed by atoms with Gasteiger partial charge in [-0.3, -0.25) is 4.79 Å². The van der Waals surface area contributed by atoms with Gasteiger partial charge < -0.3 is 14.4 Å². The minimum Gasteiger partial charge on any atom is -0.507 e. The van der Waals surface area contributed by atoms with Gasteiger partial charge in [0.15, 0.2) is 17.6 Å². The molecule has 1 aromatic heterocycles. The van der Waals surface area contributed by atoms with Gasteiger partial charge in [0.05, 0.1) is 0 Å². The highest BCUT2D eigenvalue weighted by atomic mass is 19.1. The zero-order valence-corrected chi connectivity index (χ0v) is 19.0. The molecule has 5 rings (SSSR count). The van der Waals surface area contributed by atoms with Gasteiger partial charge in [0.25, 0.3) is 0 Å². The molecule has 6 heteroatoms. The normalized spacial score (nSPS) is 19.1. The van der Waals surface area contributed by atoms with Crippen molar-refractivity contribution in [2.45, 2.75) is 57.6 Å². The van der Waals surface area contributed by atoms with Crippen molar-refractivity contribution in [3.63, 3.8) is 0 Å². The molecule has 2 aromatic carbocycles.